The molecule has 1 atom stereocenters. The quantitative estimate of drug-likeness (QED) is 0.622. The van der Waals surface area contributed by atoms with E-state index in [-0.39, 0.29) is 44.4 Å². The Morgan fingerprint density at radius 1 is 1.29 bits per heavy atom. The number of rotatable bonds is 9. The van der Waals surface area contributed by atoms with E-state index in [1.807, 2.05) is 13.8 Å². The fourth-order valence-electron chi connectivity index (χ4n) is 3.34. The van der Waals surface area contributed by atoms with Gasteiger partial charge in [-0.3, -0.25) is 9.59 Å². The van der Waals surface area contributed by atoms with Gasteiger partial charge >= 0.3 is 0 Å². The molecule has 0 bridgehead atoms. The first kappa shape index (κ1) is 23.0. The van der Waals surface area contributed by atoms with Crippen molar-refractivity contribution in [3.8, 4) is 5.75 Å². The first-order valence-electron chi connectivity index (χ1n) is 10.2. The second kappa shape index (κ2) is 10.1. The summed E-state index contributed by atoms with van der Waals surface area (Å²) in [5, 5.41) is 8.56. The van der Waals surface area contributed by atoms with Gasteiger partial charge in [0.15, 0.2) is 0 Å². The molecule has 168 valence electrons. The molecule has 0 saturated carbocycles. The summed E-state index contributed by atoms with van der Waals surface area (Å²) >= 11 is 5.90. The molecule has 0 spiro atoms. The van der Waals surface area contributed by atoms with E-state index in [1.54, 1.807) is 29.2 Å². The average Bonchev–Trinajstić information content (AvgIpc) is 3.21. The van der Waals surface area contributed by atoms with Crippen molar-refractivity contribution >= 4 is 23.4 Å². The van der Waals surface area contributed by atoms with Crippen molar-refractivity contribution in [1.29, 1.82) is 0 Å². The molecule has 2 amide bonds. The van der Waals surface area contributed by atoms with Crippen LogP contribution in [0.15, 0.2) is 28.7 Å². The van der Waals surface area contributed by atoms with Gasteiger partial charge in [0.1, 0.15) is 18.0 Å². The lowest BCUT2D eigenvalue weighted by molar-refractivity contribution is -0.161. The highest BCUT2D eigenvalue weighted by Crippen LogP contribution is 2.25. The molecule has 1 aromatic heterocycles. The van der Waals surface area contributed by atoms with E-state index in [0.29, 0.717) is 35.5 Å². The number of aryl methyl sites for hydroxylation is 1. The minimum absolute atomic E-state index is 0.0637. The van der Waals surface area contributed by atoms with Crippen molar-refractivity contribution in [3.63, 3.8) is 0 Å². The van der Waals surface area contributed by atoms with Gasteiger partial charge < -0.3 is 24.5 Å². The van der Waals surface area contributed by atoms with Crippen molar-refractivity contribution in [2.45, 2.75) is 44.6 Å². The van der Waals surface area contributed by atoms with Gasteiger partial charge in [-0.1, -0.05) is 25.4 Å². The maximum Gasteiger partial charge on any atom is 0.223 e. The number of primary amides is 1. The SMILES string of the molecule is CC(C)c1nnc(CCC(=O)N2CCOC(COc3ccc(Cl)cc3)(CC(N)=O)C2)o1. The van der Waals surface area contributed by atoms with Crippen LogP contribution in [0.5, 0.6) is 5.75 Å². The van der Waals surface area contributed by atoms with E-state index in [1.165, 1.54) is 0 Å². The fraction of sp³-hybridized carbons (Fsp3) is 0.524. The molecule has 1 aliphatic heterocycles. The Morgan fingerprint density at radius 3 is 2.68 bits per heavy atom. The molecule has 1 saturated heterocycles. The summed E-state index contributed by atoms with van der Waals surface area (Å²) in [5.41, 5.74) is 4.44. The number of carbonyl (C=O) groups is 2. The molecule has 9 nitrogen and oxygen atoms in total. The van der Waals surface area contributed by atoms with Crippen LogP contribution < -0.4 is 10.5 Å². The number of nitrogens with zero attached hydrogens (tertiary/aromatic N) is 3. The largest absolute Gasteiger partial charge is 0.490 e. The van der Waals surface area contributed by atoms with Crippen LogP contribution in [0.1, 0.15) is 44.4 Å². The molecule has 1 aromatic carbocycles. The first-order chi connectivity index (χ1) is 14.8. The Kier molecular flexibility index (Phi) is 7.50. The molecule has 2 heterocycles. The maximum absolute atomic E-state index is 12.8. The van der Waals surface area contributed by atoms with Crippen molar-refractivity contribution < 1.29 is 23.5 Å². The van der Waals surface area contributed by atoms with E-state index < -0.39 is 11.5 Å². The molecule has 1 unspecified atom stereocenters. The van der Waals surface area contributed by atoms with Gasteiger partial charge in [0.05, 0.1) is 19.6 Å². The summed E-state index contributed by atoms with van der Waals surface area (Å²) in [7, 11) is 0. The lowest BCUT2D eigenvalue weighted by Crippen LogP contribution is -2.58. The summed E-state index contributed by atoms with van der Waals surface area (Å²) in [6.07, 6.45) is 0.496. The van der Waals surface area contributed by atoms with E-state index in [9.17, 15) is 9.59 Å². The average molecular weight is 451 g/mol. The highest BCUT2D eigenvalue weighted by molar-refractivity contribution is 6.30. The molecule has 10 heteroatoms. The Hall–Kier alpha value is -2.65. The minimum atomic E-state index is -1.02. The molecule has 2 N–H and O–H groups in total. The third-order valence-corrected chi connectivity index (χ3v) is 5.19. The van der Waals surface area contributed by atoms with E-state index in [4.69, 9.17) is 31.2 Å². The first-order valence-corrected chi connectivity index (χ1v) is 10.5. The number of ether oxygens (including phenoxy) is 2. The van der Waals surface area contributed by atoms with Gasteiger partial charge in [0.2, 0.25) is 23.6 Å². The smallest absolute Gasteiger partial charge is 0.223 e. The highest BCUT2D eigenvalue weighted by atomic mass is 35.5. The normalized spacial score (nSPS) is 18.9. The number of benzene rings is 1. The maximum atomic E-state index is 12.8. The monoisotopic (exact) mass is 450 g/mol. The van der Waals surface area contributed by atoms with Gasteiger partial charge in [0, 0.05) is 30.3 Å². The van der Waals surface area contributed by atoms with Crippen LogP contribution in [0.3, 0.4) is 0 Å². The lowest BCUT2D eigenvalue weighted by atomic mass is 9.97. The van der Waals surface area contributed by atoms with Crippen LogP contribution in [0.2, 0.25) is 5.02 Å². The molecular weight excluding hydrogens is 424 g/mol. The molecule has 1 aliphatic rings. The summed E-state index contributed by atoms with van der Waals surface area (Å²) in [4.78, 5) is 26.2. The number of hydrogen-bond acceptors (Lipinski definition) is 7. The Morgan fingerprint density at radius 2 is 2.03 bits per heavy atom. The number of nitrogens with two attached hydrogens (primary N) is 1. The summed E-state index contributed by atoms with van der Waals surface area (Å²) < 4.78 is 17.3. The summed E-state index contributed by atoms with van der Waals surface area (Å²) in [5.74, 6) is 1.08. The Balaban J connectivity index is 1.62. The van der Waals surface area contributed by atoms with Crippen molar-refractivity contribution in [1.82, 2.24) is 15.1 Å². The Bertz CT molecular complexity index is 901. The second-order valence-electron chi connectivity index (χ2n) is 7.92. The third-order valence-electron chi connectivity index (χ3n) is 4.94. The predicted molar refractivity (Wildman–Crippen MR) is 113 cm³/mol. The number of carbonyl (C=O) groups excluding carboxylic acids is 2. The van der Waals surface area contributed by atoms with Crippen molar-refractivity contribution in [2.75, 3.05) is 26.3 Å². The molecule has 2 aromatic rings. The number of morpholine rings is 1. The highest BCUT2D eigenvalue weighted by Gasteiger charge is 2.40. The van der Waals surface area contributed by atoms with Gasteiger partial charge in [-0.25, -0.2) is 0 Å². The van der Waals surface area contributed by atoms with Crippen LogP contribution in [0.25, 0.3) is 0 Å². The second-order valence-corrected chi connectivity index (χ2v) is 8.36. The molecular formula is C21H27ClN4O5. The predicted octanol–water partition coefficient (Wildman–Crippen LogP) is 2.33. The zero-order valence-corrected chi connectivity index (χ0v) is 18.4. The van der Waals surface area contributed by atoms with Gasteiger partial charge in [-0.2, -0.15) is 0 Å². The van der Waals surface area contributed by atoms with E-state index in [2.05, 4.69) is 10.2 Å². The Labute approximate surface area is 185 Å². The number of aromatic nitrogens is 2. The third kappa shape index (κ3) is 6.41. The fourth-order valence-corrected chi connectivity index (χ4v) is 3.47. The van der Waals surface area contributed by atoms with Crippen LogP contribution in [0.4, 0.5) is 0 Å². The van der Waals surface area contributed by atoms with E-state index >= 15 is 0 Å². The minimum Gasteiger partial charge on any atom is -0.490 e. The van der Waals surface area contributed by atoms with Gasteiger partial charge in [-0.15, -0.1) is 10.2 Å². The van der Waals surface area contributed by atoms with Crippen LogP contribution in [-0.2, 0) is 20.7 Å². The standard InChI is InChI=1S/C21H27ClN4O5/c1-14(2)20-25-24-18(31-20)7-8-19(28)26-9-10-30-21(12-26,11-17(23)27)13-29-16-5-3-15(22)4-6-16/h3-6,14H,7-13H2,1-2H3,(H2,23,27). The number of amides is 2. The summed E-state index contributed by atoms with van der Waals surface area (Å²) in [6.45, 7) is 4.88. The molecule has 3 rings (SSSR count). The molecule has 0 aliphatic carbocycles. The zero-order chi connectivity index (χ0) is 22.4. The lowest BCUT2D eigenvalue weighted by Gasteiger charge is -2.42. The molecule has 1 fully saturated rings. The van der Waals surface area contributed by atoms with Crippen molar-refractivity contribution in [2.24, 2.45) is 5.73 Å². The van der Waals surface area contributed by atoms with E-state index in [0.717, 1.165) is 0 Å². The van der Waals surface area contributed by atoms with Crippen molar-refractivity contribution in [3.05, 3.63) is 41.1 Å². The van der Waals surface area contributed by atoms with Crippen LogP contribution >= 0.6 is 11.6 Å². The topological polar surface area (TPSA) is 121 Å². The van der Waals surface area contributed by atoms with Crippen LogP contribution in [-0.4, -0.2) is 58.8 Å². The summed E-state index contributed by atoms with van der Waals surface area (Å²) in [6, 6.07) is 6.86. The van der Waals surface area contributed by atoms with Gasteiger partial charge in [-0.05, 0) is 24.3 Å². The molecule has 0 radical (unpaired) electrons. The molecule has 31 heavy (non-hydrogen) atoms. The number of halogens is 1. The zero-order valence-electron chi connectivity index (χ0n) is 17.7. The number of hydrogen-bond donors (Lipinski definition) is 1. The van der Waals surface area contributed by atoms with Crippen LogP contribution in [0, 0.1) is 0 Å². The van der Waals surface area contributed by atoms with Gasteiger partial charge in [0.25, 0.3) is 0 Å².